The number of anilines is 1. The Balaban J connectivity index is 1.27. The topological polar surface area (TPSA) is 131 Å². The number of hydrazone groups is 1. The first-order chi connectivity index (χ1) is 22.3. The van der Waals surface area contributed by atoms with Gasteiger partial charge in [-0.3, -0.25) is 24.5 Å². The lowest BCUT2D eigenvalue weighted by molar-refractivity contribution is -0.384. The third kappa shape index (κ3) is 4.48. The fraction of sp³-hybridized carbons (Fsp3) is 0.222. The first-order valence-electron chi connectivity index (χ1n) is 15.2. The number of rotatable bonds is 9. The minimum Gasteiger partial charge on any atom is -0.494 e. The molecule has 8 rings (SSSR count). The number of nitrogens with one attached hydrogen (secondary N) is 1. The molecule has 3 aliphatic carbocycles. The summed E-state index contributed by atoms with van der Waals surface area (Å²) in [5, 5.41) is 15.4. The van der Waals surface area contributed by atoms with Gasteiger partial charge in [0.2, 0.25) is 17.7 Å². The standard InChI is InChI=1S/C36H30N4O6/c1-2-19-46-25-17-15-23(16-18-25)39-34(42)32-31-26-7-3-5-9-28(26)36(33(32)35(39)43,29-10-6-4-8-27(29)31)21-37-38-30(41)20-22-11-13-24(14-12-22)40(44)45/h3-18,21,31-33H,2,19-20H2,1H3,(H,38,41)/b37-21-/t31?,32-,33+,36?/m0/s1. The zero-order valence-corrected chi connectivity index (χ0v) is 25.0. The third-order valence-corrected chi connectivity index (χ3v) is 9.22. The summed E-state index contributed by atoms with van der Waals surface area (Å²) >= 11 is 0. The van der Waals surface area contributed by atoms with Gasteiger partial charge in [0.25, 0.3) is 5.69 Å². The average molecular weight is 615 g/mol. The summed E-state index contributed by atoms with van der Waals surface area (Å²) in [4.78, 5) is 53.6. The zero-order valence-electron chi connectivity index (χ0n) is 25.0. The van der Waals surface area contributed by atoms with Crippen molar-refractivity contribution in [1.29, 1.82) is 0 Å². The van der Waals surface area contributed by atoms with Gasteiger partial charge in [-0.2, -0.15) is 5.10 Å². The summed E-state index contributed by atoms with van der Waals surface area (Å²) in [6, 6.07) is 28.4. The molecule has 4 aromatic rings. The van der Waals surface area contributed by atoms with E-state index in [9.17, 15) is 24.5 Å². The lowest BCUT2D eigenvalue weighted by Gasteiger charge is -2.52. The van der Waals surface area contributed by atoms with Crippen LogP contribution in [0, 0.1) is 22.0 Å². The van der Waals surface area contributed by atoms with E-state index in [4.69, 9.17) is 4.74 Å². The van der Waals surface area contributed by atoms with E-state index in [1.165, 1.54) is 29.2 Å². The predicted octanol–water partition coefficient (Wildman–Crippen LogP) is 5.28. The van der Waals surface area contributed by atoms with E-state index >= 15 is 0 Å². The monoisotopic (exact) mass is 614 g/mol. The van der Waals surface area contributed by atoms with Crippen molar-refractivity contribution >= 4 is 35.3 Å². The highest BCUT2D eigenvalue weighted by atomic mass is 16.6. The summed E-state index contributed by atoms with van der Waals surface area (Å²) in [6.07, 6.45) is 2.42. The number of benzene rings is 4. The molecule has 1 aliphatic heterocycles. The Morgan fingerprint density at radius 3 is 2.17 bits per heavy atom. The van der Waals surface area contributed by atoms with Gasteiger partial charge in [0.05, 0.1) is 40.9 Å². The van der Waals surface area contributed by atoms with Crippen molar-refractivity contribution in [3.8, 4) is 5.75 Å². The van der Waals surface area contributed by atoms with Crippen LogP contribution in [0.4, 0.5) is 11.4 Å². The molecule has 0 radical (unpaired) electrons. The van der Waals surface area contributed by atoms with E-state index in [1.807, 2.05) is 55.5 Å². The molecule has 0 saturated carbocycles. The molecule has 3 amide bonds. The second-order valence-corrected chi connectivity index (χ2v) is 11.8. The van der Waals surface area contributed by atoms with Crippen LogP contribution < -0.4 is 15.1 Å². The van der Waals surface area contributed by atoms with Gasteiger partial charge in [0.1, 0.15) is 5.75 Å². The molecule has 4 aromatic carbocycles. The second-order valence-electron chi connectivity index (χ2n) is 11.8. The molecule has 0 unspecified atom stereocenters. The predicted molar refractivity (Wildman–Crippen MR) is 171 cm³/mol. The van der Waals surface area contributed by atoms with Gasteiger partial charge in [-0.15, -0.1) is 0 Å². The Labute approximate surface area is 264 Å². The minimum atomic E-state index is -1.13. The number of ether oxygens (including phenoxy) is 1. The summed E-state index contributed by atoms with van der Waals surface area (Å²) in [5.74, 6) is -2.14. The van der Waals surface area contributed by atoms with Crippen LogP contribution in [-0.4, -0.2) is 35.5 Å². The smallest absolute Gasteiger partial charge is 0.269 e. The van der Waals surface area contributed by atoms with Crippen molar-refractivity contribution in [2.24, 2.45) is 16.9 Å². The van der Waals surface area contributed by atoms with Crippen LogP contribution in [0.5, 0.6) is 5.75 Å². The van der Waals surface area contributed by atoms with Gasteiger partial charge >= 0.3 is 0 Å². The second kappa shape index (κ2) is 11.4. The molecule has 2 atom stereocenters. The molecule has 1 heterocycles. The number of hydrogen-bond acceptors (Lipinski definition) is 7. The van der Waals surface area contributed by atoms with E-state index < -0.39 is 28.1 Å². The highest BCUT2D eigenvalue weighted by Gasteiger charge is 2.68. The van der Waals surface area contributed by atoms with Crippen LogP contribution in [0.15, 0.2) is 102 Å². The van der Waals surface area contributed by atoms with Gasteiger partial charge in [-0.1, -0.05) is 67.6 Å². The summed E-state index contributed by atoms with van der Waals surface area (Å²) in [7, 11) is 0. The van der Waals surface area contributed by atoms with Gasteiger partial charge in [0.15, 0.2) is 0 Å². The van der Waals surface area contributed by atoms with Gasteiger partial charge < -0.3 is 4.74 Å². The molecule has 0 aromatic heterocycles. The molecule has 1 saturated heterocycles. The Morgan fingerprint density at radius 2 is 1.57 bits per heavy atom. The lowest BCUT2D eigenvalue weighted by Crippen LogP contribution is -2.54. The number of nitrogens with zero attached hydrogens (tertiary/aromatic N) is 3. The third-order valence-electron chi connectivity index (χ3n) is 9.22. The number of nitro groups is 1. The zero-order chi connectivity index (χ0) is 32.0. The number of non-ortho nitro benzene ring substituents is 1. The van der Waals surface area contributed by atoms with Crippen LogP contribution in [0.2, 0.25) is 0 Å². The molecule has 10 nitrogen and oxygen atoms in total. The van der Waals surface area contributed by atoms with E-state index in [2.05, 4.69) is 10.5 Å². The van der Waals surface area contributed by atoms with Crippen molar-refractivity contribution in [1.82, 2.24) is 5.43 Å². The van der Waals surface area contributed by atoms with Gasteiger partial charge in [-0.25, -0.2) is 10.3 Å². The number of carbonyl (C=O) groups is 3. The molecular formula is C36H30N4O6. The minimum absolute atomic E-state index is 0.0488. The molecule has 46 heavy (non-hydrogen) atoms. The Bertz CT molecular complexity index is 1860. The molecule has 1 fully saturated rings. The molecule has 1 N–H and O–H groups in total. The molecular weight excluding hydrogens is 584 g/mol. The fourth-order valence-electron chi connectivity index (χ4n) is 7.38. The van der Waals surface area contributed by atoms with E-state index in [0.29, 0.717) is 23.6 Å². The molecule has 10 heteroatoms. The maximum atomic E-state index is 14.5. The van der Waals surface area contributed by atoms with Crippen LogP contribution in [0.1, 0.15) is 47.1 Å². The quantitative estimate of drug-likeness (QED) is 0.118. The van der Waals surface area contributed by atoms with E-state index in [1.54, 1.807) is 30.5 Å². The number of carbonyl (C=O) groups excluding carboxylic acids is 3. The lowest BCUT2D eigenvalue weighted by atomic mass is 9.47. The highest BCUT2D eigenvalue weighted by Crippen LogP contribution is 2.63. The SMILES string of the molecule is CCCOc1ccc(N2C(=O)[C@H]3C4c5ccccc5C(/C=N\NC(=O)Cc5ccc([N+](=O)[O-])cc5)(c5ccccc54)[C@H]3C2=O)cc1. The average Bonchev–Trinajstić information content (AvgIpc) is 3.34. The van der Waals surface area contributed by atoms with Crippen molar-refractivity contribution in [2.45, 2.75) is 31.1 Å². The maximum Gasteiger partial charge on any atom is 0.269 e. The normalized spacial score (nSPS) is 22.4. The van der Waals surface area contributed by atoms with E-state index in [-0.39, 0.29) is 29.8 Å². The largest absolute Gasteiger partial charge is 0.494 e. The van der Waals surface area contributed by atoms with Crippen molar-refractivity contribution in [3.63, 3.8) is 0 Å². The Morgan fingerprint density at radius 1 is 0.935 bits per heavy atom. The Hall–Kier alpha value is -5.64. The van der Waals surface area contributed by atoms with Crippen molar-refractivity contribution in [3.05, 3.63) is 135 Å². The highest BCUT2D eigenvalue weighted by molar-refractivity contribution is 6.25. The number of imide groups is 1. The van der Waals surface area contributed by atoms with Crippen molar-refractivity contribution in [2.75, 3.05) is 11.5 Å². The molecule has 4 aliphatic rings. The van der Waals surface area contributed by atoms with Crippen LogP contribution in [0.25, 0.3) is 0 Å². The first kappa shape index (κ1) is 29.1. The van der Waals surface area contributed by atoms with Crippen LogP contribution in [0.3, 0.4) is 0 Å². The number of amides is 3. The van der Waals surface area contributed by atoms with Crippen LogP contribution >= 0.6 is 0 Å². The molecule has 230 valence electrons. The van der Waals surface area contributed by atoms with E-state index in [0.717, 1.165) is 28.7 Å². The molecule has 2 bridgehead atoms. The maximum absolute atomic E-state index is 14.5. The molecule has 0 spiro atoms. The summed E-state index contributed by atoms with van der Waals surface area (Å²) in [6.45, 7) is 2.58. The van der Waals surface area contributed by atoms with Crippen molar-refractivity contribution < 1.29 is 24.0 Å². The fourth-order valence-corrected chi connectivity index (χ4v) is 7.38. The van der Waals surface area contributed by atoms with Crippen LogP contribution in [-0.2, 0) is 26.2 Å². The summed E-state index contributed by atoms with van der Waals surface area (Å²) in [5.41, 5.74) is 6.13. The number of nitro benzene ring substituents is 1. The first-order valence-corrected chi connectivity index (χ1v) is 15.2. The van der Waals surface area contributed by atoms with Gasteiger partial charge in [-0.05, 0) is 58.5 Å². The summed E-state index contributed by atoms with van der Waals surface area (Å²) < 4.78 is 5.71. The number of hydrogen-bond donors (Lipinski definition) is 1. The van der Waals surface area contributed by atoms with Gasteiger partial charge in [0, 0.05) is 24.3 Å². The Kier molecular flexibility index (Phi) is 7.19.